The van der Waals surface area contributed by atoms with Gasteiger partial charge in [0.15, 0.2) is 0 Å². The summed E-state index contributed by atoms with van der Waals surface area (Å²) in [4.78, 5) is 0. The summed E-state index contributed by atoms with van der Waals surface area (Å²) in [6.07, 6.45) is 3.45. The summed E-state index contributed by atoms with van der Waals surface area (Å²) in [5, 5.41) is 0. The zero-order valence-corrected chi connectivity index (χ0v) is 5.98. The zero-order valence-electron chi connectivity index (χ0n) is 5.98. The maximum absolute atomic E-state index is 5.10. The molecule has 50 valence electrons. The lowest BCUT2D eigenvalue weighted by atomic mass is 10.5. The van der Waals surface area contributed by atoms with Crippen molar-refractivity contribution >= 4 is 0 Å². The van der Waals surface area contributed by atoms with Gasteiger partial charge in [-0.3, -0.25) is 0 Å². The van der Waals surface area contributed by atoms with E-state index in [9.17, 15) is 0 Å². The van der Waals surface area contributed by atoms with Gasteiger partial charge < -0.3 is 4.74 Å². The van der Waals surface area contributed by atoms with E-state index in [0.29, 0.717) is 5.76 Å². The van der Waals surface area contributed by atoms with Crippen LogP contribution >= 0.6 is 0 Å². The van der Waals surface area contributed by atoms with Crippen molar-refractivity contribution in [2.75, 3.05) is 0 Å². The molecule has 0 aromatic carbocycles. The maximum atomic E-state index is 5.10. The summed E-state index contributed by atoms with van der Waals surface area (Å²) in [5.41, 5.74) is 0. The Balaban J connectivity index is 3.74. The number of hydrogen-bond donors (Lipinski definition) is 0. The fourth-order valence-corrected chi connectivity index (χ4v) is 0.307. The van der Waals surface area contributed by atoms with E-state index in [1.165, 1.54) is 0 Å². The summed E-state index contributed by atoms with van der Waals surface area (Å²) in [6.45, 7) is 10.9. The van der Waals surface area contributed by atoms with Gasteiger partial charge in [-0.05, 0) is 26.0 Å². The van der Waals surface area contributed by atoms with Crippen molar-refractivity contribution in [2.24, 2.45) is 0 Å². The Labute approximate surface area is 56.3 Å². The monoisotopic (exact) mass is 124 g/mol. The van der Waals surface area contributed by atoms with E-state index in [1.54, 1.807) is 6.08 Å². The first-order valence-electron chi connectivity index (χ1n) is 2.82. The first-order chi connectivity index (χ1) is 4.20. The predicted octanol–water partition coefficient (Wildman–Crippen LogP) is 2.63. The molecule has 1 nitrogen and oxygen atoms in total. The third-order valence-corrected chi connectivity index (χ3v) is 0.926. The highest BCUT2D eigenvalue weighted by Gasteiger charge is 1.86. The molecule has 9 heavy (non-hydrogen) atoms. The van der Waals surface area contributed by atoms with E-state index in [0.717, 1.165) is 5.76 Å². The number of allylic oxidation sites excluding steroid dienone is 3. The van der Waals surface area contributed by atoms with Gasteiger partial charge in [0.2, 0.25) is 0 Å². The standard InChI is InChI=1S/C8H12O/c1-5-7(3)9-8(4)6-2/h5-6H,1,3H2,2,4H3/b8-6+. The van der Waals surface area contributed by atoms with E-state index in [4.69, 9.17) is 4.74 Å². The molecular formula is C8H12O. The Morgan fingerprint density at radius 3 is 2.44 bits per heavy atom. The second kappa shape index (κ2) is 3.96. The van der Waals surface area contributed by atoms with Gasteiger partial charge in [0, 0.05) is 0 Å². The SMILES string of the molecule is C=CC(=C)O/C(C)=C/C. The highest BCUT2D eigenvalue weighted by atomic mass is 16.5. The molecule has 0 saturated carbocycles. The van der Waals surface area contributed by atoms with Crippen LogP contribution in [0.1, 0.15) is 13.8 Å². The van der Waals surface area contributed by atoms with Crippen LogP contribution in [0.4, 0.5) is 0 Å². The number of ether oxygens (including phenoxy) is 1. The van der Waals surface area contributed by atoms with Crippen LogP contribution in [-0.2, 0) is 4.74 Å². The molecule has 0 rings (SSSR count). The van der Waals surface area contributed by atoms with E-state index >= 15 is 0 Å². The highest BCUT2D eigenvalue weighted by molar-refractivity contribution is 5.06. The van der Waals surface area contributed by atoms with Crippen molar-refractivity contribution in [3.05, 3.63) is 36.8 Å². The van der Waals surface area contributed by atoms with E-state index in [1.807, 2.05) is 19.9 Å². The molecule has 0 unspecified atom stereocenters. The van der Waals surface area contributed by atoms with Crippen molar-refractivity contribution < 1.29 is 4.74 Å². The molecule has 0 radical (unpaired) electrons. The quantitative estimate of drug-likeness (QED) is 0.415. The zero-order chi connectivity index (χ0) is 7.28. The largest absolute Gasteiger partial charge is 0.463 e. The van der Waals surface area contributed by atoms with Gasteiger partial charge in [-0.2, -0.15) is 0 Å². The van der Waals surface area contributed by atoms with Gasteiger partial charge in [0.1, 0.15) is 5.76 Å². The third kappa shape index (κ3) is 3.59. The van der Waals surface area contributed by atoms with Gasteiger partial charge in [-0.15, -0.1) is 0 Å². The van der Waals surface area contributed by atoms with Crippen LogP contribution in [0.3, 0.4) is 0 Å². The molecule has 0 aromatic rings. The fraction of sp³-hybridized carbons (Fsp3) is 0.250. The average Bonchev–Trinajstić information content (AvgIpc) is 1.87. The molecule has 0 spiro atoms. The molecule has 0 fully saturated rings. The smallest absolute Gasteiger partial charge is 0.119 e. The fourth-order valence-electron chi connectivity index (χ4n) is 0.307. The Morgan fingerprint density at radius 1 is 1.56 bits per heavy atom. The second-order valence-electron chi connectivity index (χ2n) is 1.67. The molecule has 0 aliphatic carbocycles. The summed E-state index contributed by atoms with van der Waals surface area (Å²) in [6, 6.07) is 0. The first kappa shape index (κ1) is 8.02. The Kier molecular flexibility index (Phi) is 3.52. The number of rotatable bonds is 3. The van der Waals surface area contributed by atoms with Crippen LogP contribution in [0.5, 0.6) is 0 Å². The maximum Gasteiger partial charge on any atom is 0.119 e. The van der Waals surface area contributed by atoms with Crippen molar-refractivity contribution in [1.29, 1.82) is 0 Å². The minimum Gasteiger partial charge on any atom is -0.463 e. The average molecular weight is 124 g/mol. The molecule has 0 aromatic heterocycles. The van der Waals surface area contributed by atoms with Gasteiger partial charge in [-0.25, -0.2) is 0 Å². The van der Waals surface area contributed by atoms with Gasteiger partial charge in [-0.1, -0.05) is 13.2 Å². The summed E-state index contributed by atoms with van der Waals surface area (Å²) >= 11 is 0. The summed E-state index contributed by atoms with van der Waals surface area (Å²) < 4.78 is 5.10. The lowest BCUT2D eigenvalue weighted by Gasteiger charge is -2.02. The Bertz CT molecular complexity index is 143. The van der Waals surface area contributed by atoms with Crippen molar-refractivity contribution in [3.63, 3.8) is 0 Å². The van der Waals surface area contributed by atoms with Crippen LogP contribution in [0, 0.1) is 0 Å². The predicted molar refractivity (Wildman–Crippen MR) is 39.9 cm³/mol. The molecule has 1 heteroatoms. The number of hydrogen-bond acceptors (Lipinski definition) is 1. The molecular weight excluding hydrogens is 112 g/mol. The Hall–Kier alpha value is -0.980. The molecule has 0 bridgehead atoms. The van der Waals surface area contributed by atoms with E-state index < -0.39 is 0 Å². The molecule has 0 N–H and O–H groups in total. The van der Waals surface area contributed by atoms with Crippen molar-refractivity contribution in [2.45, 2.75) is 13.8 Å². The topological polar surface area (TPSA) is 9.23 Å². The van der Waals surface area contributed by atoms with Gasteiger partial charge in [0.25, 0.3) is 0 Å². The molecule has 0 saturated heterocycles. The minimum atomic E-state index is 0.589. The van der Waals surface area contributed by atoms with Gasteiger partial charge in [0.05, 0.1) is 5.76 Å². The lowest BCUT2D eigenvalue weighted by Crippen LogP contribution is -1.82. The van der Waals surface area contributed by atoms with Crippen LogP contribution < -0.4 is 0 Å². The van der Waals surface area contributed by atoms with E-state index in [-0.39, 0.29) is 0 Å². The molecule has 0 amide bonds. The molecule has 0 aliphatic heterocycles. The second-order valence-corrected chi connectivity index (χ2v) is 1.67. The lowest BCUT2D eigenvalue weighted by molar-refractivity contribution is 0.323. The Morgan fingerprint density at radius 2 is 2.11 bits per heavy atom. The summed E-state index contributed by atoms with van der Waals surface area (Å²) in [7, 11) is 0. The minimum absolute atomic E-state index is 0.589. The first-order valence-corrected chi connectivity index (χ1v) is 2.82. The van der Waals surface area contributed by atoms with Crippen LogP contribution in [0.15, 0.2) is 36.8 Å². The molecule has 0 aliphatic rings. The normalized spacial score (nSPS) is 10.7. The third-order valence-electron chi connectivity index (χ3n) is 0.926. The van der Waals surface area contributed by atoms with Crippen molar-refractivity contribution in [1.82, 2.24) is 0 Å². The van der Waals surface area contributed by atoms with Crippen molar-refractivity contribution in [3.8, 4) is 0 Å². The molecule has 0 heterocycles. The highest BCUT2D eigenvalue weighted by Crippen LogP contribution is 2.02. The molecule has 0 atom stereocenters. The van der Waals surface area contributed by atoms with Gasteiger partial charge >= 0.3 is 0 Å². The van der Waals surface area contributed by atoms with E-state index in [2.05, 4.69) is 13.2 Å². The summed E-state index contributed by atoms with van der Waals surface area (Å²) in [5.74, 6) is 1.44. The van der Waals surface area contributed by atoms with Crippen LogP contribution in [0.2, 0.25) is 0 Å². The van der Waals surface area contributed by atoms with Crippen LogP contribution in [-0.4, -0.2) is 0 Å². The van der Waals surface area contributed by atoms with Crippen LogP contribution in [0.25, 0.3) is 0 Å².